The van der Waals surface area contributed by atoms with Crippen LogP contribution in [-0.2, 0) is 10.2 Å². The Hall–Kier alpha value is -2.93. The van der Waals surface area contributed by atoms with Gasteiger partial charge in [0.15, 0.2) is 0 Å². The Bertz CT molecular complexity index is 968. The molecule has 1 amide bonds. The molecule has 1 N–H and O–H groups in total. The molecular weight excluding hydrogens is 430 g/mol. The van der Waals surface area contributed by atoms with E-state index in [-0.39, 0.29) is 11.6 Å². The van der Waals surface area contributed by atoms with Crippen LogP contribution in [0.4, 0.5) is 11.4 Å². The number of hydrogen-bond donors (Lipinski definition) is 1. The zero-order chi connectivity index (χ0) is 24.0. The van der Waals surface area contributed by atoms with Gasteiger partial charge in [0.2, 0.25) is 5.91 Å². The number of anilines is 1. The molecule has 0 aromatic heterocycles. The van der Waals surface area contributed by atoms with Crippen LogP contribution in [-0.4, -0.2) is 42.0 Å². The smallest absolute Gasteiger partial charge is 0.269 e. The van der Waals surface area contributed by atoms with Crippen molar-refractivity contribution in [2.24, 2.45) is 5.92 Å². The molecule has 0 radical (unpaired) electrons. The monoisotopic (exact) mass is 465 g/mol. The highest BCUT2D eigenvalue weighted by atomic mass is 16.6. The first-order valence-electron chi connectivity index (χ1n) is 12.5. The summed E-state index contributed by atoms with van der Waals surface area (Å²) >= 11 is 0. The molecule has 1 aliphatic carbocycles. The van der Waals surface area contributed by atoms with Crippen molar-refractivity contribution in [3.63, 3.8) is 0 Å². The van der Waals surface area contributed by atoms with Gasteiger partial charge in [0.05, 0.1) is 16.9 Å². The van der Waals surface area contributed by atoms with Crippen molar-refractivity contribution < 1.29 is 14.5 Å². The fourth-order valence-electron chi connectivity index (χ4n) is 5.38. The Balaban J connectivity index is 1.31. The SMILES string of the molecule is C[C@H]1CCCN(CCCOc2ccc(NC(=O)C3(c4ccc([N+](=O)[O-])cc4)CCCC3)cc2)C1. The van der Waals surface area contributed by atoms with Gasteiger partial charge in [-0.2, -0.15) is 0 Å². The first-order chi connectivity index (χ1) is 16.5. The highest BCUT2D eigenvalue weighted by Crippen LogP contribution is 2.42. The van der Waals surface area contributed by atoms with Gasteiger partial charge in [-0.05, 0) is 74.4 Å². The van der Waals surface area contributed by atoms with E-state index in [1.165, 1.54) is 38.1 Å². The Labute approximate surface area is 201 Å². The number of nitro benzene ring substituents is 1. The van der Waals surface area contributed by atoms with E-state index in [1.807, 2.05) is 24.3 Å². The van der Waals surface area contributed by atoms with E-state index in [0.29, 0.717) is 6.61 Å². The topological polar surface area (TPSA) is 84.7 Å². The van der Waals surface area contributed by atoms with Crippen LogP contribution in [0.1, 0.15) is 57.4 Å². The number of hydrogen-bond acceptors (Lipinski definition) is 5. The summed E-state index contributed by atoms with van der Waals surface area (Å²) in [6, 6.07) is 14.0. The van der Waals surface area contributed by atoms with Crippen molar-refractivity contribution in [3.8, 4) is 5.75 Å². The van der Waals surface area contributed by atoms with Crippen LogP contribution in [0.25, 0.3) is 0 Å². The lowest BCUT2D eigenvalue weighted by molar-refractivity contribution is -0.384. The molecule has 34 heavy (non-hydrogen) atoms. The van der Waals surface area contributed by atoms with Crippen LogP contribution >= 0.6 is 0 Å². The molecule has 7 nitrogen and oxygen atoms in total. The van der Waals surface area contributed by atoms with Crippen LogP contribution in [0.5, 0.6) is 5.75 Å². The zero-order valence-corrected chi connectivity index (χ0v) is 20.0. The molecule has 0 unspecified atom stereocenters. The Morgan fingerprint density at radius 2 is 1.82 bits per heavy atom. The second-order valence-electron chi connectivity index (χ2n) is 9.82. The maximum atomic E-state index is 13.3. The third-order valence-corrected chi connectivity index (χ3v) is 7.26. The summed E-state index contributed by atoms with van der Waals surface area (Å²) in [4.78, 5) is 26.5. The summed E-state index contributed by atoms with van der Waals surface area (Å²) in [6.07, 6.45) is 7.05. The van der Waals surface area contributed by atoms with Gasteiger partial charge in [0, 0.05) is 30.9 Å². The van der Waals surface area contributed by atoms with Gasteiger partial charge in [-0.3, -0.25) is 14.9 Å². The fraction of sp³-hybridized carbons (Fsp3) is 0.519. The number of carbonyl (C=O) groups excluding carboxylic acids is 1. The molecular formula is C27H35N3O4. The summed E-state index contributed by atoms with van der Waals surface area (Å²) < 4.78 is 5.91. The predicted molar refractivity (Wildman–Crippen MR) is 133 cm³/mol. The summed E-state index contributed by atoms with van der Waals surface area (Å²) in [5, 5.41) is 14.1. The summed E-state index contributed by atoms with van der Waals surface area (Å²) in [6.45, 7) is 6.46. The second kappa shape index (κ2) is 11.0. The molecule has 4 rings (SSSR count). The van der Waals surface area contributed by atoms with Crippen LogP contribution in [0, 0.1) is 16.0 Å². The highest BCUT2D eigenvalue weighted by molar-refractivity contribution is 5.99. The molecule has 182 valence electrons. The largest absolute Gasteiger partial charge is 0.494 e. The first-order valence-corrected chi connectivity index (χ1v) is 12.5. The van der Waals surface area contributed by atoms with Gasteiger partial charge in [0.25, 0.3) is 5.69 Å². The predicted octanol–water partition coefficient (Wildman–Crippen LogP) is 5.55. The minimum absolute atomic E-state index is 0.0402. The van der Waals surface area contributed by atoms with Crippen molar-refractivity contribution in [1.29, 1.82) is 0 Å². The summed E-state index contributed by atoms with van der Waals surface area (Å²) in [7, 11) is 0. The molecule has 0 bridgehead atoms. The maximum absolute atomic E-state index is 13.3. The van der Waals surface area contributed by atoms with Gasteiger partial charge in [-0.1, -0.05) is 31.9 Å². The fourth-order valence-corrected chi connectivity index (χ4v) is 5.38. The zero-order valence-electron chi connectivity index (χ0n) is 20.0. The van der Waals surface area contributed by atoms with Crippen LogP contribution < -0.4 is 10.1 Å². The number of nitrogens with one attached hydrogen (secondary N) is 1. The lowest BCUT2D eigenvalue weighted by atomic mass is 9.78. The number of likely N-dealkylation sites (tertiary alicyclic amines) is 1. The van der Waals surface area contributed by atoms with Crippen LogP contribution in [0.2, 0.25) is 0 Å². The number of amides is 1. The van der Waals surface area contributed by atoms with Crippen LogP contribution in [0.15, 0.2) is 48.5 Å². The van der Waals surface area contributed by atoms with E-state index >= 15 is 0 Å². The molecule has 1 heterocycles. The minimum atomic E-state index is -0.643. The van der Waals surface area contributed by atoms with E-state index in [0.717, 1.165) is 61.6 Å². The summed E-state index contributed by atoms with van der Waals surface area (Å²) in [5.41, 5.74) is 0.971. The molecule has 1 aliphatic heterocycles. The van der Waals surface area contributed by atoms with Gasteiger partial charge in [0.1, 0.15) is 5.75 Å². The standard InChI is InChI=1S/C27H35N3O4/c1-21-6-4-17-29(20-21)18-5-19-34-25-13-9-23(10-14-25)28-26(31)27(15-2-3-16-27)22-7-11-24(12-8-22)30(32)33/h7-14,21H,2-6,15-20H2,1H3,(H,28,31)/t21-/m0/s1. The Kier molecular flexibility index (Phi) is 7.83. The molecule has 2 aliphatic rings. The van der Waals surface area contributed by atoms with Gasteiger partial charge in [-0.15, -0.1) is 0 Å². The minimum Gasteiger partial charge on any atom is -0.494 e. The first kappa shape index (κ1) is 24.2. The van der Waals surface area contributed by atoms with Gasteiger partial charge in [-0.25, -0.2) is 0 Å². The number of ether oxygens (including phenoxy) is 1. The molecule has 2 aromatic rings. The van der Waals surface area contributed by atoms with Crippen molar-refractivity contribution in [2.75, 3.05) is 31.6 Å². The Morgan fingerprint density at radius 3 is 2.47 bits per heavy atom. The number of nitro groups is 1. The average molecular weight is 466 g/mol. The third kappa shape index (κ3) is 5.76. The van der Waals surface area contributed by atoms with Crippen molar-refractivity contribution in [3.05, 3.63) is 64.2 Å². The molecule has 7 heteroatoms. The molecule has 0 spiro atoms. The van der Waals surface area contributed by atoms with E-state index in [1.54, 1.807) is 12.1 Å². The lowest BCUT2D eigenvalue weighted by Crippen LogP contribution is -2.38. The molecule has 1 saturated heterocycles. The van der Waals surface area contributed by atoms with E-state index < -0.39 is 10.3 Å². The number of non-ortho nitro benzene ring substituents is 1. The molecule has 2 fully saturated rings. The van der Waals surface area contributed by atoms with Gasteiger partial charge >= 0.3 is 0 Å². The lowest BCUT2D eigenvalue weighted by Gasteiger charge is -2.30. The van der Waals surface area contributed by atoms with E-state index in [9.17, 15) is 14.9 Å². The normalized spacial score (nSPS) is 20.1. The number of nitrogens with zero attached hydrogens (tertiary/aromatic N) is 2. The van der Waals surface area contributed by atoms with Crippen LogP contribution in [0.3, 0.4) is 0 Å². The van der Waals surface area contributed by atoms with Crippen molar-refractivity contribution in [2.45, 2.75) is 57.3 Å². The third-order valence-electron chi connectivity index (χ3n) is 7.26. The maximum Gasteiger partial charge on any atom is 0.269 e. The highest BCUT2D eigenvalue weighted by Gasteiger charge is 2.42. The Morgan fingerprint density at radius 1 is 1.12 bits per heavy atom. The summed E-state index contributed by atoms with van der Waals surface area (Å²) in [5.74, 6) is 1.54. The van der Waals surface area contributed by atoms with Gasteiger partial charge < -0.3 is 15.0 Å². The molecule has 1 atom stereocenters. The van der Waals surface area contributed by atoms with E-state index in [4.69, 9.17) is 4.74 Å². The van der Waals surface area contributed by atoms with Crippen molar-refractivity contribution >= 4 is 17.3 Å². The quantitative estimate of drug-likeness (QED) is 0.298. The number of carbonyl (C=O) groups is 1. The molecule has 1 saturated carbocycles. The number of benzene rings is 2. The number of rotatable bonds is 9. The average Bonchev–Trinajstić information content (AvgIpc) is 3.34. The van der Waals surface area contributed by atoms with Crippen molar-refractivity contribution in [1.82, 2.24) is 4.90 Å². The van der Waals surface area contributed by atoms with E-state index in [2.05, 4.69) is 17.1 Å². The number of piperidine rings is 1. The second-order valence-corrected chi connectivity index (χ2v) is 9.82. The molecule has 2 aromatic carbocycles.